The van der Waals surface area contributed by atoms with Crippen molar-refractivity contribution in [2.45, 2.75) is 21.6 Å². The van der Waals surface area contributed by atoms with Crippen LogP contribution in [-0.4, -0.2) is 43.4 Å². The number of hydrogen-bond donors (Lipinski definition) is 4. The van der Waals surface area contributed by atoms with Gasteiger partial charge < -0.3 is 9.84 Å². The monoisotopic (exact) mass is 532 g/mol. The van der Waals surface area contributed by atoms with Gasteiger partial charge in [-0.1, -0.05) is 17.2 Å². The summed E-state index contributed by atoms with van der Waals surface area (Å²) >= 11 is 0.302. The Morgan fingerprint density at radius 2 is 1.65 bits per heavy atom. The van der Waals surface area contributed by atoms with Crippen LogP contribution in [0, 0.1) is 6.92 Å². The molecule has 0 saturated heterocycles. The van der Waals surface area contributed by atoms with Crippen molar-refractivity contribution in [1.29, 1.82) is 0 Å². The number of ether oxygens (including phenoxy) is 1. The minimum atomic E-state index is -4.74. The van der Waals surface area contributed by atoms with Crippen LogP contribution in [-0.2, 0) is 29.6 Å². The second-order valence-corrected chi connectivity index (χ2v) is 10.1. The fourth-order valence-corrected chi connectivity index (χ4v) is 5.12. The van der Waals surface area contributed by atoms with Gasteiger partial charge in [-0.2, -0.15) is 16.8 Å². The fourth-order valence-electron chi connectivity index (χ4n) is 3.07. The van der Waals surface area contributed by atoms with Crippen LogP contribution in [0.5, 0.6) is 11.5 Å². The van der Waals surface area contributed by atoms with E-state index in [-0.39, 0.29) is 38.4 Å². The van der Waals surface area contributed by atoms with Gasteiger partial charge in [0.05, 0.1) is 24.0 Å². The van der Waals surface area contributed by atoms with Crippen molar-refractivity contribution in [3.05, 3.63) is 42.0 Å². The number of rotatable bonds is 8. The summed E-state index contributed by atoms with van der Waals surface area (Å²) < 4.78 is 75.8. The standard InChI is InChI=1S/C18H16N2O11S3/c1-9-3-5-11-12(18(9)34(26,27)28)8-14(32-31-30-22)16(17(11)21)20-19-13-6-4-10(29-2)7-15(13)33(23,24)25/h3-8,21-22H,1-2H3,(H,23,24,25)(H,26,27,28). The zero-order chi connectivity index (χ0) is 25.3. The predicted molar refractivity (Wildman–Crippen MR) is 118 cm³/mol. The molecule has 0 saturated carbocycles. The molecule has 0 bridgehead atoms. The van der Waals surface area contributed by atoms with Crippen LogP contribution in [0.4, 0.5) is 11.4 Å². The largest absolute Gasteiger partial charge is 0.505 e. The van der Waals surface area contributed by atoms with E-state index in [9.17, 15) is 31.0 Å². The Balaban J connectivity index is 2.29. The molecule has 0 aliphatic carbocycles. The lowest BCUT2D eigenvalue weighted by molar-refractivity contribution is -0.432. The molecular weight excluding hydrogens is 516 g/mol. The molecule has 0 atom stereocenters. The maximum atomic E-state index is 11.9. The number of phenolic OH excluding ortho intramolecular Hbond substituents is 1. The molecule has 0 fully saturated rings. The Labute approximate surface area is 197 Å². The molecule has 0 aliphatic heterocycles. The average Bonchev–Trinajstić information content (AvgIpc) is 2.75. The van der Waals surface area contributed by atoms with Crippen LogP contribution in [0.1, 0.15) is 5.56 Å². The first-order valence-electron chi connectivity index (χ1n) is 8.87. The average molecular weight is 533 g/mol. The maximum absolute atomic E-state index is 11.9. The van der Waals surface area contributed by atoms with Gasteiger partial charge in [-0.25, -0.2) is 5.26 Å². The molecule has 16 heteroatoms. The zero-order valence-electron chi connectivity index (χ0n) is 17.2. The second kappa shape index (κ2) is 9.80. The molecular formula is C18H16N2O11S3. The molecule has 0 aliphatic rings. The Kier molecular flexibility index (Phi) is 7.44. The summed E-state index contributed by atoms with van der Waals surface area (Å²) in [6.07, 6.45) is 0. The van der Waals surface area contributed by atoms with Crippen LogP contribution < -0.4 is 4.74 Å². The highest BCUT2D eigenvalue weighted by molar-refractivity contribution is 7.94. The van der Waals surface area contributed by atoms with Crippen molar-refractivity contribution in [2.75, 3.05) is 7.11 Å². The number of nitrogens with zero attached hydrogens (tertiary/aromatic N) is 2. The highest BCUT2D eigenvalue weighted by atomic mass is 32.2. The third kappa shape index (κ3) is 5.29. The van der Waals surface area contributed by atoms with Crippen LogP contribution in [0.2, 0.25) is 0 Å². The highest BCUT2D eigenvalue weighted by Crippen LogP contribution is 2.46. The van der Waals surface area contributed by atoms with E-state index in [1.807, 2.05) is 0 Å². The van der Waals surface area contributed by atoms with E-state index < -0.39 is 35.8 Å². The number of fused-ring (bicyclic) bond motifs is 1. The van der Waals surface area contributed by atoms with Crippen molar-refractivity contribution in [2.24, 2.45) is 10.2 Å². The van der Waals surface area contributed by atoms with Gasteiger partial charge in [0, 0.05) is 16.8 Å². The molecule has 34 heavy (non-hydrogen) atoms. The molecule has 3 rings (SSSR count). The first kappa shape index (κ1) is 25.8. The maximum Gasteiger partial charge on any atom is 0.296 e. The Morgan fingerprint density at radius 3 is 2.24 bits per heavy atom. The lowest BCUT2D eigenvalue weighted by Gasteiger charge is -2.13. The molecule has 0 radical (unpaired) electrons. The fraction of sp³-hybridized carbons (Fsp3) is 0.111. The molecule has 4 N–H and O–H groups in total. The van der Waals surface area contributed by atoms with Gasteiger partial charge in [-0.05, 0) is 30.7 Å². The molecule has 13 nitrogen and oxygen atoms in total. The van der Waals surface area contributed by atoms with Crippen molar-refractivity contribution < 1.29 is 50.4 Å². The van der Waals surface area contributed by atoms with E-state index in [1.165, 1.54) is 44.4 Å². The summed E-state index contributed by atoms with van der Waals surface area (Å²) in [5.41, 5.74) is -0.479. The summed E-state index contributed by atoms with van der Waals surface area (Å²) in [6.45, 7) is 1.42. The molecule has 0 spiro atoms. The Bertz CT molecular complexity index is 1500. The topological polar surface area (TPSA) is 202 Å². The van der Waals surface area contributed by atoms with Gasteiger partial charge >= 0.3 is 0 Å². The summed E-state index contributed by atoms with van der Waals surface area (Å²) in [7, 11) is -8.17. The van der Waals surface area contributed by atoms with Gasteiger partial charge in [0.1, 0.15) is 26.9 Å². The van der Waals surface area contributed by atoms with Crippen molar-refractivity contribution in [3.8, 4) is 11.5 Å². The summed E-state index contributed by atoms with van der Waals surface area (Å²) in [6, 6.07) is 7.41. The smallest absolute Gasteiger partial charge is 0.296 e. The van der Waals surface area contributed by atoms with E-state index in [1.54, 1.807) is 0 Å². The Morgan fingerprint density at radius 1 is 0.941 bits per heavy atom. The third-order valence-corrected chi connectivity index (χ3v) is 7.06. The third-order valence-electron chi connectivity index (χ3n) is 4.50. The van der Waals surface area contributed by atoms with Crippen LogP contribution in [0.15, 0.2) is 61.3 Å². The van der Waals surface area contributed by atoms with E-state index in [0.29, 0.717) is 12.0 Å². The highest BCUT2D eigenvalue weighted by Gasteiger charge is 2.23. The number of aromatic hydroxyl groups is 1. The number of benzene rings is 3. The first-order valence-corrected chi connectivity index (χ1v) is 12.5. The van der Waals surface area contributed by atoms with Crippen LogP contribution in [0.3, 0.4) is 0 Å². The van der Waals surface area contributed by atoms with Gasteiger partial charge in [0.25, 0.3) is 20.2 Å². The normalized spacial score (nSPS) is 12.5. The minimum absolute atomic E-state index is 0.0498. The van der Waals surface area contributed by atoms with E-state index in [2.05, 4.69) is 19.6 Å². The van der Waals surface area contributed by atoms with Gasteiger partial charge in [0.2, 0.25) is 0 Å². The molecule has 3 aromatic carbocycles. The second-order valence-electron chi connectivity index (χ2n) is 6.59. The van der Waals surface area contributed by atoms with Gasteiger partial charge in [0.15, 0.2) is 5.75 Å². The molecule has 0 heterocycles. The number of methoxy groups -OCH3 is 1. The molecule has 182 valence electrons. The minimum Gasteiger partial charge on any atom is -0.505 e. The number of azo groups is 1. The van der Waals surface area contributed by atoms with E-state index in [4.69, 9.17) is 9.99 Å². The quantitative estimate of drug-likeness (QED) is 0.106. The lowest BCUT2D eigenvalue weighted by atomic mass is 10.1. The molecule has 0 aromatic heterocycles. The summed E-state index contributed by atoms with van der Waals surface area (Å²) in [5, 5.41) is 30.3. The summed E-state index contributed by atoms with van der Waals surface area (Å²) in [4.78, 5) is -1.26. The van der Waals surface area contributed by atoms with Crippen molar-refractivity contribution >= 4 is 54.4 Å². The first-order chi connectivity index (χ1) is 15.9. The van der Waals surface area contributed by atoms with Gasteiger partial charge in [-0.15, -0.1) is 14.6 Å². The van der Waals surface area contributed by atoms with Crippen molar-refractivity contribution in [1.82, 2.24) is 0 Å². The Hall–Kier alpha value is -2.83. The van der Waals surface area contributed by atoms with Crippen LogP contribution in [0.25, 0.3) is 10.8 Å². The predicted octanol–water partition coefficient (Wildman–Crippen LogP) is 4.20. The number of hydrogen-bond acceptors (Lipinski definition) is 12. The SMILES string of the molecule is COc1ccc(N=Nc2c(SOOO)cc3c(S(=O)(=O)O)c(C)ccc3c2O)c(S(=O)(=O)O)c1. The van der Waals surface area contributed by atoms with E-state index in [0.717, 1.165) is 6.07 Å². The number of aryl methyl sites for hydroxylation is 1. The van der Waals surface area contributed by atoms with Crippen LogP contribution >= 0.6 is 12.0 Å². The zero-order valence-corrected chi connectivity index (χ0v) is 19.7. The molecule has 3 aromatic rings. The van der Waals surface area contributed by atoms with E-state index >= 15 is 0 Å². The van der Waals surface area contributed by atoms with Crippen molar-refractivity contribution in [3.63, 3.8) is 0 Å². The molecule has 0 amide bonds. The summed E-state index contributed by atoms with van der Waals surface area (Å²) in [5.74, 6) is -0.505. The van der Waals surface area contributed by atoms with Gasteiger partial charge in [-0.3, -0.25) is 9.11 Å². The molecule has 0 unspecified atom stereocenters. The lowest BCUT2D eigenvalue weighted by Crippen LogP contribution is -2.02. The number of phenols is 1.